The first-order valence-electron chi connectivity index (χ1n) is 11.1. The quantitative estimate of drug-likeness (QED) is 0.124. The van der Waals surface area contributed by atoms with Crippen molar-refractivity contribution < 1.29 is 14.3 Å². The van der Waals surface area contributed by atoms with Gasteiger partial charge < -0.3 is 9.30 Å². The topological polar surface area (TPSA) is 48.3 Å². The Balaban J connectivity index is 2.08. The first-order chi connectivity index (χ1) is 14.8. The fourth-order valence-corrected chi connectivity index (χ4v) is 4.79. The fraction of sp³-hybridized carbons (Fsp3) is 0.462. The Morgan fingerprint density at radius 1 is 1.12 bits per heavy atom. The first kappa shape index (κ1) is 26.4. The van der Waals surface area contributed by atoms with Crippen LogP contribution in [0.4, 0.5) is 0 Å². The lowest BCUT2D eigenvalue weighted by molar-refractivity contribution is -0.120. The van der Waals surface area contributed by atoms with Crippen LogP contribution in [0.15, 0.2) is 48.2 Å². The summed E-state index contributed by atoms with van der Waals surface area (Å²) in [5, 5.41) is 1.06. The Morgan fingerprint density at radius 3 is 2.47 bits per heavy atom. The van der Waals surface area contributed by atoms with E-state index >= 15 is 0 Å². The van der Waals surface area contributed by atoms with Crippen LogP contribution in [0.5, 0.6) is 0 Å². The molecule has 0 aliphatic heterocycles. The molecule has 0 aliphatic rings. The van der Waals surface area contributed by atoms with Gasteiger partial charge in [-0.3, -0.25) is 9.59 Å². The van der Waals surface area contributed by atoms with Crippen LogP contribution < -0.4 is 0 Å². The van der Waals surface area contributed by atoms with Gasteiger partial charge in [0, 0.05) is 36.6 Å². The number of rotatable bonds is 10. The Hall–Kier alpha value is -1.89. The van der Waals surface area contributed by atoms with Gasteiger partial charge in [0.05, 0.1) is 11.9 Å². The molecular weight excluding hydrogens is 434 g/mol. The number of allylic oxidation sites excluding steroid dienone is 3. The van der Waals surface area contributed by atoms with Crippen molar-refractivity contribution in [2.45, 2.75) is 71.3 Å². The summed E-state index contributed by atoms with van der Waals surface area (Å²) in [6.07, 6.45) is 7.39. The minimum atomic E-state index is -1.11. The second-order valence-corrected chi connectivity index (χ2v) is 17.9. The van der Waals surface area contributed by atoms with Crippen molar-refractivity contribution in [1.82, 2.24) is 4.57 Å². The molecule has 0 spiro atoms. The molecule has 1 aromatic carbocycles. The normalized spacial score (nSPS) is 13.3. The molecular formula is C26H37NO3SSi. The van der Waals surface area contributed by atoms with E-state index in [1.807, 2.05) is 39.8 Å². The third-order valence-corrected chi connectivity index (χ3v) is 7.39. The van der Waals surface area contributed by atoms with Crippen molar-refractivity contribution in [3.8, 4) is 0 Å². The lowest BCUT2D eigenvalue weighted by atomic mass is 10.1. The van der Waals surface area contributed by atoms with E-state index in [0.29, 0.717) is 6.73 Å². The Bertz CT molecular complexity index is 1010. The summed E-state index contributed by atoms with van der Waals surface area (Å²) < 4.78 is 7.91. The summed E-state index contributed by atoms with van der Waals surface area (Å²) in [5.41, 5.74) is 3.17. The van der Waals surface area contributed by atoms with Gasteiger partial charge in [0.25, 0.3) is 0 Å². The average molecular weight is 472 g/mol. The predicted octanol–water partition coefficient (Wildman–Crippen LogP) is 6.93. The molecule has 1 heterocycles. The van der Waals surface area contributed by atoms with Gasteiger partial charge in [-0.25, -0.2) is 0 Å². The number of hydrogen-bond donors (Lipinski definition) is 0. The number of ketones is 1. The number of aromatic nitrogens is 1. The maximum atomic E-state index is 12.2. The lowest BCUT2D eigenvalue weighted by Gasteiger charge is -2.15. The van der Waals surface area contributed by atoms with E-state index in [0.717, 1.165) is 34.7 Å². The third kappa shape index (κ3) is 9.31. The molecule has 0 N–H and O–H groups in total. The Kier molecular flexibility index (Phi) is 9.31. The number of carbonyl (C=O) groups excluding carboxylic acids is 2. The molecule has 174 valence electrons. The molecule has 0 saturated heterocycles. The lowest BCUT2D eigenvalue weighted by Crippen LogP contribution is -2.21. The van der Waals surface area contributed by atoms with Crippen molar-refractivity contribution in [3.63, 3.8) is 0 Å². The van der Waals surface area contributed by atoms with E-state index in [1.54, 1.807) is 6.08 Å². The molecule has 0 atom stereocenters. The number of fused-ring (bicyclic) bond motifs is 1. The maximum Gasteiger partial charge on any atom is 0.197 e. The van der Waals surface area contributed by atoms with Crippen LogP contribution in [0.3, 0.4) is 0 Å². The van der Waals surface area contributed by atoms with Crippen molar-refractivity contribution in [2.75, 3.05) is 6.61 Å². The smallest absolute Gasteiger partial charge is 0.197 e. The highest BCUT2D eigenvalue weighted by Crippen LogP contribution is 2.26. The molecule has 4 nitrogen and oxygen atoms in total. The molecule has 0 fully saturated rings. The molecule has 0 bridgehead atoms. The van der Waals surface area contributed by atoms with Crippen LogP contribution in [0, 0.1) is 0 Å². The predicted molar refractivity (Wildman–Crippen MR) is 141 cm³/mol. The van der Waals surface area contributed by atoms with Crippen LogP contribution in [-0.2, 0) is 21.1 Å². The Labute approximate surface area is 198 Å². The van der Waals surface area contributed by atoms with Crippen LogP contribution in [0.1, 0.15) is 39.7 Å². The molecule has 0 unspecified atom stereocenters. The largest absolute Gasteiger partial charge is 0.361 e. The van der Waals surface area contributed by atoms with Crippen LogP contribution in [0.2, 0.25) is 25.7 Å². The second kappa shape index (κ2) is 11.3. The SMILES string of the molecule is CC(/C=C/C(=O)CC(=O)SC(C)(C)C)=C\c1cn(COCC[Si](C)(C)C)c2ccccc12. The van der Waals surface area contributed by atoms with Crippen molar-refractivity contribution in [3.05, 3.63) is 53.8 Å². The summed E-state index contributed by atoms with van der Waals surface area (Å²) in [6.45, 7) is 16.2. The zero-order chi connectivity index (χ0) is 23.9. The number of para-hydroxylation sites is 1. The standard InChI is InChI=1S/C26H37NO3SSi/c1-20(12-13-22(28)17-25(29)31-26(2,3)4)16-21-18-27(19-30-14-15-32(5,6)7)24-11-9-8-10-23(21)24/h8-13,16,18H,14-15,17,19H2,1-7H3/b13-12+,20-16+. The van der Waals surface area contributed by atoms with Gasteiger partial charge in [-0.2, -0.15) is 0 Å². The monoisotopic (exact) mass is 471 g/mol. The number of hydrogen-bond acceptors (Lipinski definition) is 4. The van der Waals surface area contributed by atoms with E-state index in [1.165, 1.54) is 17.8 Å². The van der Waals surface area contributed by atoms with Crippen LogP contribution >= 0.6 is 11.8 Å². The van der Waals surface area contributed by atoms with E-state index < -0.39 is 8.07 Å². The molecule has 6 heteroatoms. The maximum absolute atomic E-state index is 12.2. The number of benzene rings is 1. The van der Waals surface area contributed by atoms with Crippen molar-refractivity contribution >= 4 is 47.7 Å². The summed E-state index contributed by atoms with van der Waals surface area (Å²) >= 11 is 1.21. The van der Waals surface area contributed by atoms with Gasteiger partial charge in [-0.15, -0.1) is 0 Å². The summed E-state index contributed by atoms with van der Waals surface area (Å²) in [6, 6.07) is 9.41. The first-order valence-corrected chi connectivity index (χ1v) is 15.6. The number of carbonyl (C=O) groups is 2. The van der Waals surface area contributed by atoms with E-state index in [-0.39, 0.29) is 22.1 Å². The minimum absolute atomic E-state index is 0.0697. The number of ether oxygens (including phenoxy) is 1. The van der Waals surface area contributed by atoms with Gasteiger partial charge in [-0.05, 0) is 31.2 Å². The highest BCUT2D eigenvalue weighted by molar-refractivity contribution is 8.14. The van der Waals surface area contributed by atoms with Crippen LogP contribution in [0.25, 0.3) is 17.0 Å². The highest BCUT2D eigenvalue weighted by Gasteiger charge is 2.18. The zero-order valence-electron chi connectivity index (χ0n) is 20.5. The average Bonchev–Trinajstić information content (AvgIpc) is 2.99. The molecule has 1 aromatic heterocycles. The van der Waals surface area contributed by atoms with Gasteiger partial charge >= 0.3 is 0 Å². The minimum Gasteiger partial charge on any atom is -0.361 e. The third-order valence-electron chi connectivity index (χ3n) is 4.70. The van der Waals surface area contributed by atoms with Gasteiger partial charge in [0.15, 0.2) is 10.9 Å². The van der Waals surface area contributed by atoms with E-state index in [2.05, 4.69) is 48.6 Å². The molecule has 2 aromatic rings. The second-order valence-electron chi connectivity index (χ2n) is 10.4. The summed E-state index contributed by atoms with van der Waals surface area (Å²) in [7, 11) is -1.11. The van der Waals surface area contributed by atoms with Gasteiger partial charge in [0.1, 0.15) is 6.73 Å². The van der Waals surface area contributed by atoms with Gasteiger partial charge in [-0.1, -0.05) is 82.0 Å². The fourth-order valence-electron chi connectivity index (χ4n) is 3.13. The van der Waals surface area contributed by atoms with E-state index in [4.69, 9.17) is 4.74 Å². The van der Waals surface area contributed by atoms with Crippen molar-refractivity contribution in [2.24, 2.45) is 0 Å². The molecule has 0 amide bonds. The molecule has 0 radical (unpaired) electrons. The zero-order valence-corrected chi connectivity index (χ0v) is 22.3. The van der Waals surface area contributed by atoms with E-state index in [9.17, 15) is 9.59 Å². The molecule has 32 heavy (non-hydrogen) atoms. The summed E-state index contributed by atoms with van der Waals surface area (Å²) in [4.78, 5) is 24.2. The summed E-state index contributed by atoms with van der Waals surface area (Å²) in [5.74, 6) is -0.169. The Morgan fingerprint density at radius 2 is 1.81 bits per heavy atom. The highest BCUT2D eigenvalue weighted by atomic mass is 32.2. The number of thioether (sulfide) groups is 1. The molecule has 2 rings (SSSR count). The van der Waals surface area contributed by atoms with Gasteiger partial charge in [0.2, 0.25) is 0 Å². The van der Waals surface area contributed by atoms with Crippen LogP contribution in [-0.4, -0.2) is 34.9 Å². The van der Waals surface area contributed by atoms with Crippen molar-refractivity contribution in [1.29, 1.82) is 0 Å². The number of nitrogens with zero attached hydrogens (tertiary/aromatic N) is 1. The molecule has 0 aliphatic carbocycles. The molecule has 0 saturated carbocycles.